The highest BCUT2D eigenvalue weighted by atomic mass is 16.4. The number of aliphatic carboxylic acids is 1. The van der Waals surface area contributed by atoms with Crippen LogP contribution in [0.2, 0.25) is 0 Å². The van der Waals surface area contributed by atoms with Gasteiger partial charge in [0.25, 0.3) is 0 Å². The fourth-order valence-electron chi connectivity index (χ4n) is 2.63. The molecule has 2 rings (SSSR count). The van der Waals surface area contributed by atoms with Gasteiger partial charge in [0, 0.05) is 6.54 Å². The molecule has 0 saturated heterocycles. The Hall–Kier alpha value is -2.62. The van der Waals surface area contributed by atoms with E-state index in [0.29, 0.717) is 12.0 Å². The zero-order chi connectivity index (χ0) is 16.7. The molecule has 0 spiro atoms. The van der Waals surface area contributed by atoms with Crippen LogP contribution in [0, 0.1) is 0 Å². The standard InChI is InChI=1S/C19H21NO3/c1-2-19(18(22)23,16-11-7-4-8-12-16)14-20-17(21)13-15-9-5-3-6-10-15/h3-12H,2,13-14H2,1H3,(H,20,21)(H,22,23). The van der Waals surface area contributed by atoms with E-state index in [-0.39, 0.29) is 18.9 Å². The van der Waals surface area contributed by atoms with Gasteiger partial charge in [-0.1, -0.05) is 67.6 Å². The Kier molecular flexibility index (Phi) is 5.52. The topological polar surface area (TPSA) is 66.4 Å². The number of carboxylic acid groups (broad SMARTS) is 1. The lowest BCUT2D eigenvalue weighted by Gasteiger charge is -2.29. The van der Waals surface area contributed by atoms with E-state index in [1.54, 1.807) is 12.1 Å². The summed E-state index contributed by atoms with van der Waals surface area (Å²) in [7, 11) is 0. The number of benzene rings is 2. The first-order valence-electron chi connectivity index (χ1n) is 7.68. The quantitative estimate of drug-likeness (QED) is 0.826. The second kappa shape index (κ2) is 7.58. The van der Waals surface area contributed by atoms with Gasteiger partial charge in [-0.25, -0.2) is 0 Å². The van der Waals surface area contributed by atoms with Crippen LogP contribution in [0.4, 0.5) is 0 Å². The molecule has 2 N–H and O–H groups in total. The van der Waals surface area contributed by atoms with Crippen molar-refractivity contribution in [2.24, 2.45) is 0 Å². The minimum absolute atomic E-state index is 0.0779. The summed E-state index contributed by atoms with van der Waals surface area (Å²) in [6, 6.07) is 18.5. The van der Waals surface area contributed by atoms with Gasteiger partial charge in [-0.05, 0) is 17.5 Å². The third kappa shape index (κ3) is 3.97. The molecule has 0 heterocycles. The summed E-state index contributed by atoms with van der Waals surface area (Å²) in [5, 5.41) is 12.5. The molecule has 0 aliphatic heterocycles. The Morgan fingerprint density at radius 1 is 1.00 bits per heavy atom. The van der Waals surface area contributed by atoms with Crippen molar-refractivity contribution in [1.29, 1.82) is 0 Å². The van der Waals surface area contributed by atoms with Crippen LogP contribution in [-0.4, -0.2) is 23.5 Å². The molecule has 1 atom stereocenters. The van der Waals surface area contributed by atoms with E-state index in [4.69, 9.17) is 0 Å². The van der Waals surface area contributed by atoms with E-state index in [9.17, 15) is 14.7 Å². The molecule has 23 heavy (non-hydrogen) atoms. The molecule has 0 saturated carbocycles. The van der Waals surface area contributed by atoms with Crippen LogP contribution in [0.3, 0.4) is 0 Å². The summed E-state index contributed by atoms with van der Waals surface area (Å²) < 4.78 is 0. The highest BCUT2D eigenvalue weighted by molar-refractivity contribution is 5.84. The number of amides is 1. The van der Waals surface area contributed by atoms with Crippen LogP contribution in [-0.2, 0) is 21.4 Å². The number of nitrogens with one attached hydrogen (secondary N) is 1. The number of hydrogen-bond acceptors (Lipinski definition) is 2. The van der Waals surface area contributed by atoms with E-state index in [1.807, 2.05) is 55.5 Å². The Bertz CT molecular complexity index is 655. The van der Waals surface area contributed by atoms with Gasteiger partial charge in [-0.2, -0.15) is 0 Å². The lowest BCUT2D eigenvalue weighted by atomic mass is 9.78. The zero-order valence-corrected chi connectivity index (χ0v) is 13.2. The maximum atomic E-state index is 12.1. The number of hydrogen-bond donors (Lipinski definition) is 2. The van der Waals surface area contributed by atoms with Gasteiger partial charge in [0.15, 0.2) is 0 Å². The van der Waals surface area contributed by atoms with Crippen LogP contribution < -0.4 is 5.32 Å². The number of carboxylic acids is 1. The Morgan fingerprint density at radius 2 is 1.57 bits per heavy atom. The molecule has 0 radical (unpaired) electrons. The van der Waals surface area contributed by atoms with Gasteiger partial charge < -0.3 is 10.4 Å². The van der Waals surface area contributed by atoms with Crippen LogP contribution >= 0.6 is 0 Å². The van der Waals surface area contributed by atoms with Gasteiger partial charge in [0.05, 0.1) is 6.42 Å². The molecule has 0 aromatic heterocycles. The van der Waals surface area contributed by atoms with Crippen molar-refractivity contribution in [3.63, 3.8) is 0 Å². The van der Waals surface area contributed by atoms with Gasteiger partial charge in [0.1, 0.15) is 5.41 Å². The Balaban J connectivity index is 2.10. The summed E-state index contributed by atoms with van der Waals surface area (Å²) in [6.45, 7) is 1.90. The average Bonchev–Trinajstić information content (AvgIpc) is 2.57. The molecule has 2 aromatic rings. The van der Waals surface area contributed by atoms with Gasteiger partial charge >= 0.3 is 5.97 Å². The van der Waals surface area contributed by atoms with Crippen molar-refractivity contribution >= 4 is 11.9 Å². The lowest BCUT2D eigenvalue weighted by molar-refractivity contribution is -0.144. The molecular formula is C19H21NO3. The van der Waals surface area contributed by atoms with Crippen molar-refractivity contribution < 1.29 is 14.7 Å². The first-order valence-corrected chi connectivity index (χ1v) is 7.68. The van der Waals surface area contributed by atoms with E-state index in [0.717, 1.165) is 5.56 Å². The van der Waals surface area contributed by atoms with Crippen molar-refractivity contribution in [2.45, 2.75) is 25.2 Å². The van der Waals surface area contributed by atoms with Crippen molar-refractivity contribution in [2.75, 3.05) is 6.54 Å². The van der Waals surface area contributed by atoms with Crippen molar-refractivity contribution in [3.8, 4) is 0 Å². The molecule has 0 bridgehead atoms. The fraction of sp³-hybridized carbons (Fsp3) is 0.263. The molecule has 120 valence electrons. The fourth-order valence-corrected chi connectivity index (χ4v) is 2.63. The third-order valence-corrected chi connectivity index (χ3v) is 4.13. The molecule has 1 amide bonds. The third-order valence-electron chi connectivity index (χ3n) is 4.13. The van der Waals surface area contributed by atoms with E-state index >= 15 is 0 Å². The molecule has 0 fully saturated rings. The summed E-state index contributed by atoms with van der Waals surface area (Å²) in [5.74, 6) is -1.10. The van der Waals surface area contributed by atoms with Crippen LogP contribution in [0.15, 0.2) is 60.7 Å². The predicted molar refractivity (Wildman–Crippen MR) is 89.2 cm³/mol. The Morgan fingerprint density at radius 3 is 2.09 bits per heavy atom. The average molecular weight is 311 g/mol. The van der Waals surface area contributed by atoms with E-state index in [1.165, 1.54) is 0 Å². The normalized spacial score (nSPS) is 13.1. The molecule has 0 aliphatic rings. The number of carbonyl (C=O) groups is 2. The lowest BCUT2D eigenvalue weighted by Crippen LogP contribution is -2.46. The number of rotatable bonds is 7. The van der Waals surface area contributed by atoms with Gasteiger partial charge in [-0.3, -0.25) is 9.59 Å². The maximum absolute atomic E-state index is 12.1. The summed E-state index contributed by atoms with van der Waals surface area (Å²) in [6.07, 6.45) is 0.646. The van der Waals surface area contributed by atoms with Gasteiger partial charge in [0.2, 0.25) is 5.91 Å². The first-order chi connectivity index (χ1) is 11.1. The first kappa shape index (κ1) is 16.7. The Labute approximate surface area is 136 Å². The molecule has 1 unspecified atom stereocenters. The smallest absolute Gasteiger partial charge is 0.315 e. The number of carbonyl (C=O) groups excluding carboxylic acids is 1. The van der Waals surface area contributed by atoms with Crippen LogP contribution in [0.5, 0.6) is 0 Å². The molecular weight excluding hydrogens is 290 g/mol. The van der Waals surface area contributed by atoms with E-state index in [2.05, 4.69) is 5.32 Å². The van der Waals surface area contributed by atoms with Gasteiger partial charge in [-0.15, -0.1) is 0 Å². The summed E-state index contributed by atoms with van der Waals surface area (Å²) in [5.41, 5.74) is 0.505. The monoisotopic (exact) mass is 311 g/mol. The minimum Gasteiger partial charge on any atom is -0.481 e. The predicted octanol–water partition coefficient (Wildman–Crippen LogP) is 2.78. The van der Waals surface area contributed by atoms with Crippen molar-refractivity contribution in [3.05, 3.63) is 71.8 Å². The zero-order valence-electron chi connectivity index (χ0n) is 13.2. The SMILES string of the molecule is CCC(CNC(=O)Cc1ccccc1)(C(=O)O)c1ccccc1. The molecule has 4 heteroatoms. The highest BCUT2D eigenvalue weighted by Gasteiger charge is 2.38. The van der Waals surface area contributed by atoms with Crippen LogP contribution in [0.25, 0.3) is 0 Å². The summed E-state index contributed by atoms with van der Waals surface area (Å²) >= 11 is 0. The highest BCUT2D eigenvalue weighted by Crippen LogP contribution is 2.27. The molecule has 0 aliphatic carbocycles. The second-order valence-electron chi connectivity index (χ2n) is 5.55. The second-order valence-corrected chi connectivity index (χ2v) is 5.55. The minimum atomic E-state index is -1.10. The van der Waals surface area contributed by atoms with Crippen molar-refractivity contribution in [1.82, 2.24) is 5.32 Å². The van der Waals surface area contributed by atoms with Crippen LogP contribution in [0.1, 0.15) is 24.5 Å². The summed E-state index contributed by atoms with van der Waals surface area (Å²) in [4.78, 5) is 24.0. The maximum Gasteiger partial charge on any atom is 0.315 e. The molecule has 2 aromatic carbocycles. The largest absolute Gasteiger partial charge is 0.481 e. The van der Waals surface area contributed by atoms with E-state index < -0.39 is 11.4 Å². The molecule has 4 nitrogen and oxygen atoms in total.